The zero-order valence-electron chi connectivity index (χ0n) is 11.9. The number of pyridine rings is 1. The van der Waals surface area contributed by atoms with Crippen LogP contribution < -0.4 is 10.5 Å². The van der Waals surface area contributed by atoms with Gasteiger partial charge in [-0.05, 0) is 30.7 Å². The number of nitrogens with zero attached hydrogens (tertiary/aromatic N) is 1. The highest BCUT2D eigenvalue weighted by molar-refractivity contribution is 5.41. The van der Waals surface area contributed by atoms with Crippen LogP contribution in [0.4, 0.5) is 0 Å². The number of aromatic nitrogens is 1. The highest BCUT2D eigenvalue weighted by atomic mass is 16.5. The molecule has 4 nitrogen and oxygen atoms in total. The molecule has 0 aliphatic heterocycles. The third kappa shape index (κ3) is 3.56. The Kier molecular flexibility index (Phi) is 5.09. The first-order chi connectivity index (χ1) is 9.72. The fourth-order valence-electron chi connectivity index (χ4n) is 2.04. The zero-order valence-corrected chi connectivity index (χ0v) is 11.9. The maximum absolute atomic E-state index is 6.35. The van der Waals surface area contributed by atoms with Crippen LogP contribution in [0.2, 0.25) is 0 Å². The van der Waals surface area contributed by atoms with Gasteiger partial charge in [0, 0.05) is 24.6 Å². The van der Waals surface area contributed by atoms with Crippen molar-refractivity contribution >= 4 is 0 Å². The average molecular weight is 272 g/mol. The summed E-state index contributed by atoms with van der Waals surface area (Å²) in [6, 6.07) is 11.5. The van der Waals surface area contributed by atoms with E-state index in [2.05, 4.69) is 4.98 Å². The Bertz CT molecular complexity index is 558. The number of aryl methyl sites for hydroxylation is 1. The van der Waals surface area contributed by atoms with Crippen molar-refractivity contribution in [3.05, 3.63) is 59.4 Å². The van der Waals surface area contributed by atoms with Crippen LogP contribution in [0.15, 0.2) is 42.6 Å². The van der Waals surface area contributed by atoms with Crippen LogP contribution in [0.3, 0.4) is 0 Å². The van der Waals surface area contributed by atoms with Gasteiger partial charge < -0.3 is 15.2 Å². The third-order valence-electron chi connectivity index (χ3n) is 3.08. The normalized spacial score (nSPS) is 12.2. The maximum atomic E-state index is 6.35. The van der Waals surface area contributed by atoms with Gasteiger partial charge in [-0.3, -0.25) is 4.98 Å². The molecule has 2 aromatic rings. The largest absolute Gasteiger partial charge is 0.491 e. The summed E-state index contributed by atoms with van der Waals surface area (Å²) in [5.74, 6) is 0.798. The zero-order chi connectivity index (χ0) is 14.4. The van der Waals surface area contributed by atoms with E-state index in [1.54, 1.807) is 13.3 Å². The summed E-state index contributed by atoms with van der Waals surface area (Å²) >= 11 is 0. The number of hydrogen-bond donors (Lipinski definition) is 1. The third-order valence-corrected chi connectivity index (χ3v) is 3.08. The van der Waals surface area contributed by atoms with Gasteiger partial charge in [0.25, 0.3) is 0 Å². The average Bonchev–Trinajstić information content (AvgIpc) is 2.47. The second-order valence-corrected chi connectivity index (χ2v) is 4.59. The lowest BCUT2D eigenvalue weighted by atomic mass is 9.99. The van der Waals surface area contributed by atoms with Gasteiger partial charge in [0.15, 0.2) is 0 Å². The number of benzene rings is 1. The first kappa shape index (κ1) is 14.5. The monoisotopic (exact) mass is 272 g/mol. The van der Waals surface area contributed by atoms with Crippen molar-refractivity contribution in [3.63, 3.8) is 0 Å². The molecule has 0 spiro atoms. The first-order valence-electron chi connectivity index (χ1n) is 6.61. The molecule has 0 saturated heterocycles. The Morgan fingerprint density at radius 2 is 2.00 bits per heavy atom. The molecule has 0 fully saturated rings. The molecule has 0 aliphatic rings. The van der Waals surface area contributed by atoms with Gasteiger partial charge in [0.1, 0.15) is 12.4 Å². The molecule has 1 unspecified atom stereocenters. The molecular formula is C16H20N2O2. The van der Waals surface area contributed by atoms with Crippen LogP contribution in [0.25, 0.3) is 0 Å². The summed E-state index contributed by atoms with van der Waals surface area (Å²) in [6.45, 7) is 3.02. The highest BCUT2D eigenvalue weighted by Gasteiger charge is 2.14. The Morgan fingerprint density at radius 3 is 2.75 bits per heavy atom. The summed E-state index contributed by atoms with van der Waals surface area (Å²) in [6.07, 6.45) is 1.78. The SMILES string of the molecule is COCCOc1ccccc1C(N)c1ccnc(C)c1. The minimum absolute atomic E-state index is 0.226. The van der Waals surface area contributed by atoms with Crippen molar-refractivity contribution < 1.29 is 9.47 Å². The molecule has 1 heterocycles. The van der Waals surface area contributed by atoms with Crippen LogP contribution in [0.1, 0.15) is 22.9 Å². The van der Waals surface area contributed by atoms with Crippen LogP contribution in [0, 0.1) is 6.92 Å². The molecule has 0 amide bonds. The fraction of sp³-hybridized carbons (Fsp3) is 0.312. The van der Waals surface area contributed by atoms with E-state index in [-0.39, 0.29) is 6.04 Å². The van der Waals surface area contributed by atoms with Crippen LogP contribution in [-0.2, 0) is 4.74 Å². The molecular weight excluding hydrogens is 252 g/mol. The van der Waals surface area contributed by atoms with Crippen molar-refractivity contribution in [1.29, 1.82) is 0 Å². The second kappa shape index (κ2) is 7.03. The van der Waals surface area contributed by atoms with E-state index >= 15 is 0 Å². The fourth-order valence-corrected chi connectivity index (χ4v) is 2.04. The molecule has 106 valence electrons. The molecule has 1 atom stereocenters. The van der Waals surface area contributed by atoms with E-state index in [4.69, 9.17) is 15.2 Å². The Balaban J connectivity index is 2.23. The van der Waals surface area contributed by atoms with Crippen molar-refractivity contribution in [2.24, 2.45) is 5.73 Å². The summed E-state index contributed by atoms with van der Waals surface area (Å²) in [7, 11) is 1.65. The van der Waals surface area contributed by atoms with Crippen molar-refractivity contribution in [1.82, 2.24) is 4.98 Å². The molecule has 20 heavy (non-hydrogen) atoms. The van der Waals surface area contributed by atoms with Gasteiger partial charge in [0.05, 0.1) is 12.6 Å². The standard InChI is InChI=1S/C16H20N2O2/c1-12-11-13(7-8-18-12)16(17)14-5-3-4-6-15(14)20-10-9-19-2/h3-8,11,16H,9-10,17H2,1-2H3. The highest BCUT2D eigenvalue weighted by Crippen LogP contribution is 2.28. The van der Waals surface area contributed by atoms with Gasteiger partial charge in [-0.2, -0.15) is 0 Å². The van der Waals surface area contributed by atoms with Crippen molar-refractivity contribution in [3.8, 4) is 5.75 Å². The quantitative estimate of drug-likeness (QED) is 0.821. The van der Waals surface area contributed by atoms with E-state index in [0.717, 1.165) is 22.6 Å². The van der Waals surface area contributed by atoms with Crippen LogP contribution >= 0.6 is 0 Å². The lowest BCUT2D eigenvalue weighted by Crippen LogP contribution is -2.15. The smallest absolute Gasteiger partial charge is 0.124 e. The lowest BCUT2D eigenvalue weighted by Gasteiger charge is -2.17. The Labute approximate surface area is 119 Å². The van der Waals surface area contributed by atoms with Crippen molar-refractivity contribution in [2.75, 3.05) is 20.3 Å². The summed E-state index contributed by atoms with van der Waals surface area (Å²) in [5, 5.41) is 0. The van der Waals surface area contributed by atoms with Gasteiger partial charge in [-0.15, -0.1) is 0 Å². The number of hydrogen-bond acceptors (Lipinski definition) is 4. The minimum atomic E-state index is -0.226. The van der Waals surface area contributed by atoms with Gasteiger partial charge in [-0.25, -0.2) is 0 Å². The Hall–Kier alpha value is -1.91. The second-order valence-electron chi connectivity index (χ2n) is 4.59. The summed E-state index contributed by atoms with van der Waals surface area (Å²) in [4.78, 5) is 4.20. The van der Waals surface area contributed by atoms with Gasteiger partial charge in [-0.1, -0.05) is 18.2 Å². The van der Waals surface area contributed by atoms with Crippen molar-refractivity contribution in [2.45, 2.75) is 13.0 Å². The molecule has 0 saturated carbocycles. The van der Waals surface area contributed by atoms with Crippen LogP contribution in [-0.4, -0.2) is 25.3 Å². The molecule has 1 aromatic carbocycles. The topological polar surface area (TPSA) is 57.4 Å². The predicted octanol–water partition coefficient (Wildman–Crippen LogP) is 2.46. The molecule has 2 rings (SSSR count). The van der Waals surface area contributed by atoms with E-state index in [1.807, 2.05) is 43.3 Å². The lowest BCUT2D eigenvalue weighted by molar-refractivity contribution is 0.145. The first-order valence-corrected chi connectivity index (χ1v) is 6.61. The molecule has 4 heteroatoms. The van der Waals surface area contributed by atoms with E-state index in [9.17, 15) is 0 Å². The molecule has 1 aromatic heterocycles. The summed E-state index contributed by atoms with van der Waals surface area (Å²) < 4.78 is 10.7. The molecule has 2 N–H and O–H groups in total. The van der Waals surface area contributed by atoms with Gasteiger partial charge in [0.2, 0.25) is 0 Å². The van der Waals surface area contributed by atoms with E-state index < -0.39 is 0 Å². The Morgan fingerprint density at radius 1 is 1.20 bits per heavy atom. The molecule has 0 aliphatic carbocycles. The predicted molar refractivity (Wildman–Crippen MR) is 78.8 cm³/mol. The van der Waals surface area contributed by atoms with E-state index in [1.165, 1.54) is 0 Å². The number of nitrogens with two attached hydrogens (primary N) is 1. The number of methoxy groups -OCH3 is 1. The minimum Gasteiger partial charge on any atom is -0.491 e. The molecule has 0 bridgehead atoms. The number of rotatable bonds is 6. The number of ether oxygens (including phenoxy) is 2. The van der Waals surface area contributed by atoms with Crippen LogP contribution in [0.5, 0.6) is 5.75 Å². The van der Waals surface area contributed by atoms with Gasteiger partial charge >= 0.3 is 0 Å². The summed E-state index contributed by atoms with van der Waals surface area (Å²) in [5.41, 5.74) is 9.30. The number of para-hydroxylation sites is 1. The molecule has 0 radical (unpaired) electrons. The van der Waals surface area contributed by atoms with E-state index in [0.29, 0.717) is 13.2 Å². The maximum Gasteiger partial charge on any atom is 0.124 e.